The SMILES string of the molecule is O=C(CCCNCc1cccc(C(=O)O)n1)NC1CC1. The fraction of sp³-hybridized carbons (Fsp3) is 0.500. The van der Waals surface area contributed by atoms with Gasteiger partial charge in [-0.1, -0.05) is 6.07 Å². The number of carboxylic acids is 1. The maximum atomic E-state index is 11.4. The van der Waals surface area contributed by atoms with Crippen LogP contribution in [0.2, 0.25) is 0 Å². The molecule has 0 unspecified atom stereocenters. The molecule has 1 aliphatic carbocycles. The summed E-state index contributed by atoms with van der Waals surface area (Å²) < 4.78 is 0. The molecule has 0 aromatic carbocycles. The topological polar surface area (TPSA) is 91.3 Å². The van der Waals surface area contributed by atoms with Gasteiger partial charge in [-0.25, -0.2) is 9.78 Å². The average Bonchev–Trinajstić information content (AvgIpc) is 3.22. The summed E-state index contributed by atoms with van der Waals surface area (Å²) in [7, 11) is 0. The second-order valence-corrected chi connectivity index (χ2v) is 4.94. The first-order valence-corrected chi connectivity index (χ1v) is 6.84. The average molecular weight is 277 g/mol. The number of aromatic nitrogens is 1. The Balaban J connectivity index is 1.61. The molecule has 6 nitrogen and oxygen atoms in total. The molecule has 0 saturated heterocycles. The van der Waals surface area contributed by atoms with Crippen molar-refractivity contribution in [2.45, 2.75) is 38.3 Å². The molecule has 1 amide bonds. The predicted molar refractivity (Wildman–Crippen MR) is 73.3 cm³/mol. The fourth-order valence-corrected chi connectivity index (χ4v) is 1.82. The Morgan fingerprint density at radius 1 is 1.35 bits per heavy atom. The monoisotopic (exact) mass is 277 g/mol. The molecule has 0 bridgehead atoms. The molecule has 1 saturated carbocycles. The molecular formula is C14H19N3O3. The zero-order chi connectivity index (χ0) is 14.4. The smallest absolute Gasteiger partial charge is 0.354 e. The predicted octanol–water partition coefficient (Wildman–Crippen LogP) is 0.928. The Morgan fingerprint density at radius 3 is 2.85 bits per heavy atom. The van der Waals surface area contributed by atoms with E-state index in [1.807, 2.05) is 0 Å². The van der Waals surface area contributed by atoms with E-state index < -0.39 is 5.97 Å². The van der Waals surface area contributed by atoms with Crippen LogP contribution in [0.1, 0.15) is 41.9 Å². The second-order valence-electron chi connectivity index (χ2n) is 4.94. The molecule has 3 N–H and O–H groups in total. The molecule has 2 rings (SSSR count). The van der Waals surface area contributed by atoms with Gasteiger partial charge < -0.3 is 15.7 Å². The van der Waals surface area contributed by atoms with E-state index in [9.17, 15) is 9.59 Å². The summed E-state index contributed by atoms with van der Waals surface area (Å²) in [5.41, 5.74) is 0.737. The van der Waals surface area contributed by atoms with Crippen molar-refractivity contribution in [3.8, 4) is 0 Å². The quantitative estimate of drug-likeness (QED) is 0.615. The van der Waals surface area contributed by atoms with Gasteiger partial charge in [-0.15, -0.1) is 0 Å². The molecule has 0 spiro atoms. The van der Waals surface area contributed by atoms with Crippen molar-refractivity contribution in [1.29, 1.82) is 0 Å². The van der Waals surface area contributed by atoms with Gasteiger partial charge in [0, 0.05) is 19.0 Å². The van der Waals surface area contributed by atoms with Crippen LogP contribution in [0, 0.1) is 0 Å². The highest BCUT2D eigenvalue weighted by Gasteiger charge is 2.22. The largest absolute Gasteiger partial charge is 0.477 e. The van der Waals surface area contributed by atoms with Crippen LogP contribution in [-0.4, -0.2) is 34.6 Å². The van der Waals surface area contributed by atoms with Gasteiger partial charge in [0.15, 0.2) is 0 Å². The Morgan fingerprint density at radius 2 is 2.15 bits per heavy atom. The highest BCUT2D eigenvalue weighted by atomic mass is 16.4. The number of pyridine rings is 1. The third-order valence-electron chi connectivity index (χ3n) is 3.03. The maximum absolute atomic E-state index is 11.4. The van der Waals surface area contributed by atoms with E-state index in [4.69, 9.17) is 5.11 Å². The minimum absolute atomic E-state index is 0.0492. The Labute approximate surface area is 117 Å². The van der Waals surface area contributed by atoms with Crippen LogP contribution in [0.5, 0.6) is 0 Å². The van der Waals surface area contributed by atoms with Crippen LogP contribution in [0.3, 0.4) is 0 Å². The molecule has 6 heteroatoms. The lowest BCUT2D eigenvalue weighted by Gasteiger charge is -2.05. The number of nitrogens with one attached hydrogen (secondary N) is 2. The summed E-state index contributed by atoms with van der Waals surface area (Å²) in [6.45, 7) is 1.21. The number of carboxylic acid groups (broad SMARTS) is 1. The van der Waals surface area contributed by atoms with E-state index in [1.54, 1.807) is 12.1 Å². The number of amides is 1. The molecule has 1 aliphatic rings. The first-order valence-electron chi connectivity index (χ1n) is 6.84. The number of rotatable bonds is 8. The zero-order valence-corrected chi connectivity index (χ0v) is 11.3. The molecule has 0 atom stereocenters. The second kappa shape index (κ2) is 7.00. The first kappa shape index (κ1) is 14.5. The van der Waals surface area contributed by atoms with Crippen molar-refractivity contribution in [1.82, 2.24) is 15.6 Å². The highest BCUT2D eigenvalue weighted by Crippen LogP contribution is 2.18. The van der Waals surface area contributed by atoms with Crippen LogP contribution < -0.4 is 10.6 Å². The summed E-state index contributed by atoms with van der Waals surface area (Å²) in [5, 5.41) is 14.9. The molecule has 1 heterocycles. The normalized spacial score (nSPS) is 14.0. The van der Waals surface area contributed by atoms with Gasteiger partial charge >= 0.3 is 5.97 Å². The molecule has 20 heavy (non-hydrogen) atoms. The summed E-state index contributed by atoms with van der Waals surface area (Å²) in [4.78, 5) is 26.2. The standard InChI is InChI=1S/C14H19N3O3/c18-13(17-10-6-7-10)5-2-8-15-9-11-3-1-4-12(16-11)14(19)20/h1,3-4,10,15H,2,5-9H2,(H,17,18)(H,19,20). The molecule has 108 valence electrons. The van der Waals surface area contributed by atoms with Crippen molar-refractivity contribution < 1.29 is 14.7 Å². The number of hydrogen-bond donors (Lipinski definition) is 3. The highest BCUT2D eigenvalue weighted by molar-refractivity contribution is 5.85. The molecule has 0 aliphatic heterocycles. The van der Waals surface area contributed by atoms with Gasteiger partial charge in [-0.05, 0) is 37.9 Å². The van der Waals surface area contributed by atoms with Crippen LogP contribution in [0.4, 0.5) is 0 Å². The minimum Gasteiger partial charge on any atom is -0.477 e. The van der Waals surface area contributed by atoms with E-state index in [-0.39, 0.29) is 11.6 Å². The number of nitrogens with zero attached hydrogens (tertiary/aromatic N) is 1. The van der Waals surface area contributed by atoms with E-state index in [1.165, 1.54) is 6.07 Å². The van der Waals surface area contributed by atoms with E-state index in [0.29, 0.717) is 31.2 Å². The number of aromatic carboxylic acids is 1. The van der Waals surface area contributed by atoms with Crippen LogP contribution in [-0.2, 0) is 11.3 Å². The Bertz CT molecular complexity index is 486. The molecule has 1 aromatic rings. The van der Waals surface area contributed by atoms with Crippen LogP contribution in [0.15, 0.2) is 18.2 Å². The van der Waals surface area contributed by atoms with Gasteiger partial charge in [-0.3, -0.25) is 4.79 Å². The lowest BCUT2D eigenvalue weighted by molar-refractivity contribution is -0.121. The van der Waals surface area contributed by atoms with E-state index in [2.05, 4.69) is 15.6 Å². The van der Waals surface area contributed by atoms with Gasteiger partial charge in [-0.2, -0.15) is 0 Å². The van der Waals surface area contributed by atoms with Crippen LogP contribution in [0.25, 0.3) is 0 Å². The molecular weight excluding hydrogens is 258 g/mol. The van der Waals surface area contributed by atoms with Crippen molar-refractivity contribution in [2.24, 2.45) is 0 Å². The van der Waals surface area contributed by atoms with Crippen LogP contribution >= 0.6 is 0 Å². The van der Waals surface area contributed by atoms with Crippen molar-refractivity contribution in [3.05, 3.63) is 29.6 Å². The third-order valence-corrected chi connectivity index (χ3v) is 3.03. The fourth-order valence-electron chi connectivity index (χ4n) is 1.82. The lowest BCUT2D eigenvalue weighted by Crippen LogP contribution is -2.26. The summed E-state index contributed by atoms with van der Waals surface area (Å²) in [6, 6.07) is 5.34. The Hall–Kier alpha value is -1.95. The van der Waals surface area contributed by atoms with E-state index >= 15 is 0 Å². The molecule has 1 aromatic heterocycles. The van der Waals surface area contributed by atoms with Gasteiger partial charge in [0.1, 0.15) is 5.69 Å². The lowest BCUT2D eigenvalue weighted by atomic mass is 10.2. The summed E-state index contributed by atoms with van der Waals surface area (Å²) in [6.07, 6.45) is 3.49. The van der Waals surface area contributed by atoms with Crippen molar-refractivity contribution in [3.63, 3.8) is 0 Å². The zero-order valence-electron chi connectivity index (χ0n) is 11.3. The van der Waals surface area contributed by atoms with Gasteiger partial charge in [0.25, 0.3) is 0 Å². The number of hydrogen-bond acceptors (Lipinski definition) is 4. The third kappa shape index (κ3) is 4.97. The maximum Gasteiger partial charge on any atom is 0.354 e. The summed E-state index contributed by atoms with van der Waals surface area (Å²) in [5.74, 6) is -0.913. The van der Waals surface area contributed by atoms with E-state index in [0.717, 1.165) is 19.3 Å². The summed E-state index contributed by atoms with van der Waals surface area (Å²) >= 11 is 0. The molecule has 1 fully saturated rings. The van der Waals surface area contributed by atoms with Gasteiger partial charge in [0.2, 0.25) is 5.91 Å². The van der Waals surface area contributed by atoms with Crippen molar-refractivity contribution in [2.75, 3.05) is 6.54 Å². The first-order chi connectivity index (χ1) is 9.65. The minimum atomic E-state index is -1.02. The molecule has 0 radical (unpaired) electrons. The number of carbonyl (C=O) groups is 2. The van der Waals surface area contributed by atoms with Gasteiger partial charge in [0.05, 0.1) is 5.69 Å². The Kier molecular flexibility index (Phi) is 5.06. The van der Waals surface area contributed by atoms with Crippen molar-refractivity contribution >= 4 is 11.9 Å². The number of carbonyl (C=O) groups excluding carboxylic acids is 1.